The number of aryl methyl sites for hydroxylation is 1. The number of carboxylic acids is 1. The van der Waals surface area contributed by atoms with E-state index in [2.05, 4.69) is 31.2 Å². The third-order valence-corrected chi connectivity index (χ3v) is 6.70. The molecule has 3 aromatic rings. The zero-order valence-corrected chi connectivity index (χ0v) is 21.0. The van der Waals surface area contributed by atoms with Gasteiger partial charge in [-0.25, -0.2) is 0 Å². The molecule has 0 spiro atoms. The quantitative estimate of drug-likeness (QED) is 0.272. The zero-order chi connectivity index (χ0) is 25.3. The summed E-state index contributed by atoms with van der Waals surface area (Å²) >= 11 is 0. The molecule has 1 N–H and O–H groups in total. The van der Waals surface area contributed by atoms with Gasteiger partial charge in [-0.2, -0.15) is 0 Å². The molecule has 0 aromatic heterocycles. The van der Waals surface area contributed by atoms with Crippen molar-refractivity contribution >= 4 is 11.9 Å². The van der Waals surface area contributed by atoms with Crippen LogP contribution in [-0.2, 0) is 17.8 Å². The molecule has 36 heavy (non-hydrogen) atoms. The molecule has 5 heteroatoms. The number of hydrogen-bond acceptors (Lipinski definition) is 3. The molecule has 1 aliphatic carbocycles. The van der Waals surface area contributed by atoms with Gasteiger partial charge in [-0.1, -0.05) is 61.5 Å². The first-order valence-electron chi connectivity index (χ1n) is 13.0. The first-order valence-corrected chi connectivity index (χ1v) is 13.0. The third kappa shape index (κ3) is 6.75. The fraction of sp³-hybridized carbons (Fsp3) is 0.355. The predicted molar refractivity (Wildman–Crippen MR) is 142 cm³/mol. The molecular weight excluding hydrogens is 450 g/mol. The number of rotatable bonds is 13. The lowest BCUT2D eigenvalue weighted by atomic mass is 9.97. The highest BCUT2D eigenvalue weighted by Gasteiger charge is 2.33. The lowest BCUT2D eigenvalue weighted by Gasteiger charge is -2.24. The molecule has 0 heterocycles. The number of benzene rings is 3. The van der Waals surface area contributed by atoms with Gasteiger partial charge in [-0.3, -0.25) is 9.59 Å². The van der Waals surface area contributed by atoms with Crippen LogP contribution in [0.3, 0.4) is 0 Å². The molecule has 1 saturated carbocycles. The van der Waals surface area contributed by atoms with Gasteiger partial charge >= 0.3 is 5.97 Å². The Labute approximate surface area is 213 Å². The number of carbonyl (C=O) groups is 2. The van der Waals surface area contributed by atoms with Crippen molar-refractivity contribution < 1.29 is 19.4 Å². The van der Waals surface area contributed by atoms with E-state index in [0.29, 0.717) is 25.1 Å². The second kappa shape index (κ2) is 12.4. The molecular formula is C31H35NO4. The molecule has 0 unspecified atom stereocenters. The van der Waals surface area contributed by atoms with E-state index in [9.17, 15) is 9.59 Å². The topological polar surface area (TPSA) is 66.8 Å². The number of unbranched alkanes of at least 4 members (excludes halogenated alkanes) is 2. The van der Waals surface area contributed by atoms with Crippen molar-refractivity contribution in [2.24, 2.45) is 0 Å². The number of para-hydroxylation sites is 1. The molecule has 1 aliphatic rings. The van der Waals surface area contributed by atoms with Crippen molar-refractivity contribution in [3.05, 3.63) is 89.5 Å². The van der Waals surface area contributed by atoms with Gasteiger partial charge in [0.2, 0.25) is 0 Å². The predicted octanol–water partition coefficient (Wildman–Crippen LogP) is 6.74. The summed E-state index contributed by atoms with van der Waals surface area (Å²) in [5, 5.41) is 8.77. The van der Waals surface area contributed by atoms with E-state index in [1.54, 1.807) is 0 Å². The summed E-state index contributed by atoms with van der Waals surface area (Å²) in [4.78, 5) is 26.2. The van der Waals surface area contributed by atoms with Gasteiger partial charge in [-0.05, 0) is 73.4 Å². The Bertz CT molecular complexity index is 1170. The van der Waals surface area contributed by atoms with E-state index in [1.807, 2.05) is 53.4 Å². The molecule has 4 rings (SSSR count). The van der Waals surface area contributed by atoms with E-state index in [1.165, 1.54) is 11.1 Å². The molecule has 188 valence electrons. The number of carboxylic acid groups (broad SMARTS) is 1. The van der Waals surface area contributed by atoms with Crippen LogP contribution in [0.25, 0.3) is 11.1 Å². The van der Waals surface area contributed by atoms with Crippen LogP contribution in [0.15, 0.2) is 72.8 Å². The lowest BCUT2D eigenvalue weighted by Crippen LogP contribution is -2.32. The van der Waals surface area contributed by atoms with E-state index >= 15 is 0 Å². The molecule has 1 fully saturated rings. The van der Waals surface area contributed by atoms with Gasteiger partial charge < -0.3 is 14.7 Å². The van der Waals surface area contributed by atoms with Crippen molar-refractivity contribution in [2.45, 2.75) is 64.5 Å². The Hall–Kier alpha value is -3.60. The summed E-state index contributed by atoms with van der Waals surface area (Å²) in [5.74, 6) is 0.0866. The normalized spacial score (nSPS) is 12.8. The van der Waals surface area contributed by atoms with Gasteiger partial charge in [-0.15, -0.1) is 0 Å². The van der Waals surface area contributed by atoms with Gasteiger partial charge in [0.25, 0.3) is 5.91 Å². The number of ether oxygens (including phenoxy) is 1. The summed E-state index contributed by atoms with van der Waals surface area (Å²) in [6, 6.07) is 24.5. The number of nitrogens with zero attached hydrogens (tertiary/aromatic N) is 1. The maximum Gasteiger partial charge on any atom is 0.303 e. The SMILES string of the molecule is CCc1ccccc1-c1ccc(C(=O)N(Cc2ccccc2OCCCCCC(=O)O)C2CC2)cc1. The van der Waals surface area contributed by atoms with Crippen LogP contribution >= 0.6 is 0 Å². The lowest BCUT2D eigenvalue weighted by molar-refractivity contribution is -0.137. The Morgan fingerprint density at radius 2 is 1.58 bits per heavy atom. The summed E-state index contributed by atoms with van der Waals surface area (Å²) in [7, 11) is 0. The van der Waals surface area contributed by atoms with Crippen molar-refractivity contribution in [2.75, 3.05) is 6.61 Å². The van der Waals surface area contributed by atoms with E-state index in [-0.39, 0.29) is 18.4 Å². The molecule has 0 radical (unpaired) electrons. The standard InChI is InChI=1S/C31H35NO4/c1-2-23-10-5-7-12-28(23)24-15-17-25(18-16-24)31(35)32(27-19-20-27)22-26-11-6-8-13-29(26)36-21-9-3-4-14-30(33)34/h5-8,10-13,15-18,27H,2-4,9,14,19-22H2,1H3,(H,33,34). The highest BCUT2D eigenvalue weighted by Crippen LogP contribution is 2.32. The zero-order valence-electron chi connectivity index (χ0n) is 21.0. The number of amides is 1. The Kier molecular flexibility index (Phi) is 8.77. The van der Waals surface area contributed by atoms with Crippen molar-refractivity contribution in [3.8, 4) is 16.9 Å². The second-order valence-corrected chi connectivity index (χ2v) is 9.41. The van der Waals surface area contributed by atoms with Crippen LogP contribution in [0, 0.1) is 0 Å². The Morgan fingerprint density at radius 1 is 0.889 bits per heavy atom. The molecule has 0 saturated heterocycles. The summed E-state index contributed by atoms with van der Waals surface area (Å²) in [5.41, 5.74) is 5.35. The maximum atomic E-state index is 13.5. The van der Waals surface area contributed by atoms with Crippen LogP contribution in [-0.4, -0.2) is 34.5 Å². The average Bonchev–Trinajstić information content (AvgIpc) is 3.75. The van der Waals surface area contributed by atoms with E-state index < -0.39 is 5.97 Å². The molecule has 1 amide bonds. The van der Waals surface area contributed by atoms with Gasteiger partial charge in [0.05, 0.1) is 6.61 Å². The second-order valence-electron chi connectivity index (χ2n) is 9.41. The monoisotopic (exact) mass is 485 g/mol. The van der Waals surface area contributed by atoms with Crippen LogP contribution in [0.1, 0.15) is 66.9 Å². The maximum absolute atomic E-state index is 13.5. The Morgan fingerprint density at radius 3 is 2.28 bits per heavy atom. The summed E-state index contributed by atoms with van der Waals surface area (Å²) in [6.07, 6.45) is 5.51. The largest absolute Gasteiger partial charge is 0.493 e. The van der Waals surface area contributed by atoms with E-state index in [4.69, 9.17) is 9.84 Å². The minimum atomic E-state index is -0.758. The first-order chi connectivity index (χ1) is 17.6. The minimum absolute atomic E-state index is 0.0521. The summed E-state index contributed by atoms with van der Waals surface area (Å²) < 4.78 is 6.03. The van der Waals surface area contributed by atoms with Crippen LogP contribution in [0.5, 0.6) is 5.75 Å². The van der Waals surface area contributed by atoms with Crippen LogP contribution < -0.4 is 4.74 Å². The van der Waals surface area contributed by atoms with Crippen molar-refractivity contribution in [1.29, 1.82) is 0 Å². The molecule has 0 bridgehead atoms. The number of hydrogen-bond donors (Lipinski definition) is 1. The molecule has 5 nitrogen and oxygen atoms in total. The smallest absolute Gasteiger partial charge is 0.303 e. The number of carbonyl (C=O) groups excluding carboxylic acids is 1. The highest BCUT2D eigenvalue weighted by molar-refractivity contribution is 5.95. The van der Waals surface area contributed by atoms with Crippen LogP contribution in [0.4, 0.5) is 0 Å². The number of aliphatic carboxylic acids is 1. The third-order valence-electron chi connectivity index (χ3n) is 6.70. The molecule has 0 atom stereocenters. The van der Waals surface area contributed by atoms with Crippen molar-refractivity contribution in [1.82, 2.24) is 4.90 Å². The minimum Gasteiger partial charge on any atom is -0.493 e. The highest BCUT2D eigenvalue weighted by atomic mass is 16.5. The van der Waals surface area contributed by atoms with Gasteiger partial charge in [0.15, 0.2) is 0 Å². The van der Waals surface area contributed by atoms with Gasteiger partial charge in [0.1, 0.15) is 5.75 Å². The molecule has 3 aromatic carbocycles. The first kappa shape index (κ1) is 25.5. The molecule has 0 aliphatic heterocycles. The van der Waals surface area contributed by atoms with Crippen LogP contribution in [0.2, 0.25) is 0 Å². The Balaban J connectivity index is 1.42. The van der Waals surface area contributed by atoms with Crippen molar-refractivity contribution in [3.63, 3.8) is 0 Å². The summed E-state index contributed by atoms with van der Waals surface area (Å²) in [6.45, 7) is 3.21. The average molecular weight is 486 g/mol. The van der Waals surface area contributed by atoms with Gasteiger partial charge in [0, 0.05) is 30.1 Å². The van der Waals surface area contributed by atoms with E-state index in [0.717, 1.165) is 49.0 Å². The fourth-order valence-electron chi connectivity index (χ4n) is 4.52. The fourth-order valence-corrected chi connectivity index (χ4v) is 4.52.